The van der Waals surface area contributed by atoms with E-state index in [0.717, 1.165) is 25.1 Å². The minimum absolute atomic E-state index is 0.00414. The molecule has 104 valence electrons. The van der Waals surface area contributed by atoms with Crippen LogP contribution in [0.5, 0.6) is 0 Å². The third-order valence-corrected chi connectivity index (χ3v) is 4.51. The highest BCUT2D eigenvalue weighted by molar-refractivity contribution is 5.92. The van der Waals surface area contributed by atoms with Crippen LogP contribution >= 0.6 is 0 Å². The molecule has 2 heterocycles. The molecule has 1 saturated heterocycles. The molecule has 1 unspecified atom stereocenters. The highest BCUT2D eigenvalue weighted by Gasteiger charge is 2.41. The Morgan fingerprint density at radius 3 is 2.95 bits per heavy atom. The normalized spacial score (nSPS) is 25.1. The van der Waals surface area contributed by atoms with E-state index >= 15 is 0 Å². The molecule has 2 N–H and O–H groups in total. The lowest BCUT2D eigenvalue weighted by Gasteiger charge is -2.48. The number of rotatable bonds is 2. The second kappa shape index (κ2) is 4.63. The van der Waals surface area contributed by atoms with Crippen LogP contribution in [0.2, 0.25) is 0 Å². The number of amides is 1. The van der Waals surface area contributed by atoms with Crippen LogP contribution in [0.15, 0.2) is 6.07 Å². The molecule has 2 aliphatic rings. The first kappa shape index (κ1) is 12.7. The summed E-state index contributed by atoms with van der Waals surface area (Å²) in [5.74, 6) is 0.00414. The number of aryl methyl sites for hydroxylation is 2. The second-order valence-electron chi connectivity index (χ2n) is 6.02. The zero-order chi connectivity index (χ0) is 13.5. The summed E-state index contributed by atoms with van der Waals surface area (Å²) in [6.07, 6.45) is 5.91. The predicted octanol–water partition coefficient (Wildman–Crippen LogP) is 1.13. The third kappa shape index (κ3) is 2.39. The summed E-state index contributed by atoms with van der Waals surface area (Å²) in [7, 11) is 1.82. The molecule has 5 heteroatoms. The molecule has 2 fully saturated rings. The fourth-order valence-electron chi connectivity index (χ4n) is 3.35. The lowest BCUT2D eigenvalue weighted by Crippen LogP contribution is -2.59. The zero-order valence-electron chi connectivity index (χ0n) is 11.7. The van der Waals surface area contributed by atoms with Gasteiger partial charge in [0.25, 0.3) is 5.91 Å². The number of piperidine rings is 1. The molecule has 5 nitrogen and oxygen atoms in total. The van der Waals surface area contributed by atoms with Gasteiger partial charge in [0.1, 0.15) is 5.69 Å². The summed E-state index contributed by atoms with van der Waals surface area (Å²) < 4.78 is 1.66. The summed E-state index contributed by atoms with van der Waals surface area (Å²) in [6.45, 7) is 2.92. The van der Waals surface area contributed by atoms with Gasteiger partial charge in [0.05, 0.1) is 5.69 Å². The second-order valence-corrected chi connectivity index (χ2v) is 6.02. The van der Waals surface area contributed by atoms with Crippen molar-refractivity contribution in [3.05, 3.63) is 17.5 Å². The van der Waals surface area contributed by atoms with Crippen molar-refractivity contribution in [3.8, 4) is 0 Å². The van der Waals surface area contributed by atoms with Crippen molar-refractivity contribution in [2.24, 2.45) is 7.05 Å². The minimum Gasteiger partial charge on any atom is -0.348 e. The van der Waals surface area contributed by atoms with Crippen LogP contribution in [0.3, 0.4) is 0 Å². The van der Waals surface area contributed by atoms with E-state index in [0.29, 0.717) is 17.3 Å². The number of hydrogen-bond donors (Lipinski definition) is 2. The summed E-state index contributed by atoms with van der Waals surface area (Å²) >= 11 is 0. The van der Waals surface area contributed by atoms with Gasteiger partial charge in [-0.15, -0.1) is 0 Å². The number of carbonyl (C=O) groups excluding carboxylic acids is 1. The SMILES string of the molecule is Cc1cc(C(=O)NC2CCNC3(CCC3)C2)n(C)n1. The number of nitrogens with zero attached hydrogens (tertiary/aromatic N) is 2. The van der Waals surface area contributed by atoms with Gasteiger partial charge in [-0.2, -0.15) is 5.10 Å². The van der Waals surface area contributed by atoms with Gasteiger partial charge in [0, 0.05) is 18.6 Å². The third-order valence-electron chi connectivity index (χ3n) is 4.51. The molecule has 1 spiro atoms. The molecule has 1 saturated carbocycles. The van der Waals surface area contributed by atoms with Crippen LogP contribution in [0.1, 0.15) is 48.3 Å². The van der Waals surface area contributed by atoms with Crippen molar-refractivity contribution in [1.29, 1.82) is 0 Å². The molecule has 3 rings (SSSR count). The van der Waals surface area contributed by atoms with Gasteiger partial charge in [0.15, 0.2) is 0 Å². The first-order valence-corrected chi connectivity index (χ1v) is 7.15. The predicted molar refractivity (Wildman–Crippen MR) is 73.0 cm³/mol. The maximum atomic E-state index is 12.3. The van der Waals surface area contributed by atoms with Crippen LogP contribution in [-0.2, 0) is 7.05 Å². The highest BCUT2D eigenvalue weighted by Crippen LogP contribution is 2.38. The smallest absolute Gasteiger partial charge is 0.269 e. The molecule has 19 heavy (non-hydrogen) atoms. The molecule has 0 aromatic carbocycles. The summed E-state index contributed by atoms with van der Waals surface area (Å²) in [4.78, 5) is 12.3. The van der Waals surface area contributed by atoms with Gasteiger partial charge in [-0.1, -0.05) is 0 Å². The topological polar surface area (TPSA) is 59.0 Å². The van der Waals surface area contributed by atoms with E-state index in [-0.39, 0.29) is 5.91 Å². The largest absolute Gasteiger partial charge is 0.348 e. The summed E-state index contributed by atoms with van der Waals surface area (Å²) in [5.41, 5.74) is 1.85. The van der Waals surface area contributed by atoms with Crippen molar-refractivity contribution in [3.63, 3.8) is 0 Å². The van der Waals surface area contributed by atoms with Crippen LogP contribution in [-0.4, -0.2) is 33.8 Å². The molecule has 0 radical (unpaired) electrons. The molecule has 1 aliphatic heterocycles. The van der Waals surface area contributed by atoms with E-state index in [4.69, 9.17) is 0 Å². The first-order chi connectivity index (χ1) is 9.08. The highest BCUT2D eigenvalue weighted by atomic mass is 16.2. The molecule has 1 atom stereocenters. The average Bonchev–Trinajstić information content (AvgIpc) is 2.67. The molecule has 1 aliphatic carbocycles. The number of carbonyl (C=O) groups is 1. The van der Waals surface area contributed by atoms with Crippen molar-refractivity contribution >= 4 is 5.91 Å². The van der Waals surface area contributed by atoms with Gasteiger partial charge in [-0.05, 0) is 51.6 Å². The van der Waals surface area contributed by atoms with E-state index in [2.05, 4.69) is 15.7 Å². The van der Waals surface area contributed by atoms with Crippen LogP contribution in [0.4, 0.5) is 0 Å². The van der Waals surface area contributed by atoms with E-state index in [1.807, 2.05) is 20.0 Å². The maximum absolute atomic E-state index is 12.3. The Morgan fingerprint density at radius 1 is 1.58 bits per heavy atom. The number of hydrogen-bond acceptors (Lipinski definition) is 3. The molecular weight excluding hydrogens is 240 g/mol. The van der Waals surface area contributed by atoms with Gasteiger partial charge in [-0.25, -0.2) is 0 Å². The Kier molecular flexibility index (Phi) is 3.09. The number of aromatic nitrogens is 2. The molecule has 0 bridgehead atoms. The first-order valence-electron chi connectivity index (χ1n) is 7.15. The molecule has 1 aromatic rings. The Morgan fingerprint density at radius 2 is 2.37 bits per heavy atom. The van der Waals surface area contributed by atoms with Crippen LogP contribution < -0.4 is 10.6 Å². The molecule has 1 aromatic heterocycles. The van der Waals surface area contributed by atoms with Crippen LogP contribution in [0.25, 0.3) is 0 Å². The van der Waals surface area contributed by atoms with Crippen molar-refractivity contribution in [2.75, 3.05) is 6.54 Å². The van der Waals surface area contributed by atoms with Crippen molar-refractivity contribution < 1.29 is 4.79 Å². The van der Waals surface area contributed by atoms with Crippen molar-refractivity contribution in [1.82, 2.24) is 20.4 Å². The standard InChI is InChI=1S/C14H22N4O/c1-10-8-12(18(2)17-10)13(19)16-11-4-7-15-14(9-11)5-3-6-14/h8,11,15H,3-7,9H2,1-2H3,(H,16,19). The Balaban J connectivity index is 1.64. The fraction of sp³-hybridized carbons (Fsp3) is 0.714. The average molecular weight is 262 g/mol. The maximum Gasteiger partial charge on any atom is 0.269 e. The van der Waals surface area contributed by atoms with Gasteiger partial charge >= 0.3 is 0 Å². The van der Waals surface area contributed by atoms with E-state index in [1.54, 1.807) is 4.68 Å². The van der Waals surface area contributed by atoms with E-state index in [9.17, 15) is 4.79 Å². The summed E-state index contributed by atoms with van der Waals surface area (Å²) in [5, 5.41) is 11.0. The molecule has 1 amide bonds. The van der Waals surface area contributed by atoms with E-state index in [1.165, 1.54) is 19.3 Å². The van der Waals surface area contributed by atoms with Gasteiger partial charge < -0.3 is 10.6 Å². The zero-order valence-corrected chi connectivity index (χ0v) is 11.7. The lowest BCUT2D eigenvalue weighted by atomic mass is 9.70. The number of nitrogens with one attached hydrogen (secondary N) is 2. The van der Waals surface area contributed by atoms with Crippen LogP contribution in [0, 0.1) is 6.92 Å². The quantitative estimate of drug-likeness (QED) is 0.840. The monoisotopic (exact) mass is 262 g/mol. The van der Waals surface area contributed by atoms with Gasteiger partial charge in [-0.3, -0.25) is 9.48 Å². The molecular formula is C14H22N4O. The Hall–Kier alpha value is -1.36. The fourth-order valence-corrected chi connectivity index (χ4v) is 3.35. The van der Waals surface area contributed by atoms with Crippen molar-refractivity contribution in [2.45, 2.75) is 50.6 Å². The van der Waals surface area contributed by atoms with E-state index < -0.39 is 0 Å². The van der Waals surface area contributed by atoms with Gasteiger partial charge in [0.2, 0.25) is 0 Å². The lowest BCUT2D eigenvalue weighted by molar-refractivity contribution is 0.0844. The minimum atomic E-state index is 0.00414. The Labute approximate surface area is 113 Å². The summed E-state index contributed by atoms with van der Waals surface area (Å²) in [6, 6.07) is 2.14. The Bertz CT molecular complexity index is 490.